The molecular formula is C15H27N3S. The van der Waals surface area contributed by atoms with E-state index in [1.807, 2.05) is 0 Å². The molecular weight excluding hydrogens is 254 g/mol. The van der Waals surface area contributed by atoms with Crippen LogP contribution in [0, 0.1) is 5.92 Å². The maximum Gasteiger partial charge on any atom is 0.0829 e. The molecule has 1 aliphatic rings. The first-order chi connectivity index (χ1) is 9.22. The zero-order chi connectivity index (χ0) is 13.7. The van der Waals surface area contributed by atoms with Crippen molar-refractivity contribution in [3.8, 4) is 0 Å². The number of nitrogens with one attached hydrogen (secondary N) is 1. The smallest absolute Gasteiger partial charge is 0.0829 e. The van der Waals surface area contributed by atoms with Crippen LogP contribution >= 0.6 is 11.5 Å². The third-order valence-corrected chi connectivity index (χ3v) is 5.00. The summed E-state index contributed by atoms with van der Waals surface area (Å²) in [6.45, 7) is 7.64. The van der Waals surface area contributed by atoms with Crippen molar-refractivity contribution in [3.63, 3.8) is 0 Å². The van der Waals surface area contributed by atoms with E-state index in [9.17, 15) is 0 Å². The summed E-state index contributed by atoms with van der Waals surface area (Å²) < 4.78 is 4.19. The summed E-state index contributed by atoms with van der Waals surface area (Å²) in [5.74, 6) is 1.36. The lowest BCUT2D eigenvalue weighted by molar-refractivity contribution is 0.302. The van der Waals surface area contributed by atoms with Gasteiger partial charge >= 0.3 is 0 Å². The Morgan fingerprint density at radius 3 is 2.63 bits per heavy atom. The van der Waals surface area contributed by atoms with Crippen LogP contribution in [0.3, 0.4) is 0 Å². The summed E-state index contributed by atoms with van der Waals surface area (Å²) >= 11 is 1.59. The van der Waals surface area contributed by atoms with E-state index < -0.39 is 0 Å². The molecule has 1 aliphatic carbocycles. The first kappa shape index (κ1) is 14.9. The monoisotopic (exact) mass is 281 g/mol. The molecule has 3 nitrogen and oxygen atoms in total. The second kappa shape index (κ2) is 7.34. The van der Waals surface area contributed by atoms with E-state index in [0.29, 0.717) is 12.0 Å². The van der Waals surface area contributed by atoms with Crippen LogP contribution in [0.2, 0.25) is 0 Å². The van der Waals surface area contributed by atoms with Gasteiger partial charge in [0.1, 0.15) is 0 Å². The van der Waals surface area contributed by atoms with Crippen molar-refractivity contribution >= 4 is 11.5 Å². The lowest BCUT2D eigenvalue weighted by atomic mass is 9.84. The van der Waals surface area contributed by atoms with E-state index in [0.717, 1.165) is 12.5 Å². The molecule has 1 unspecified atom stereocenters. The molecule has 0 spiro atoms. The minimum Gasteiger partial charge on any atom is -0.309 e. The van der Waals surface area contributed by atoms with Gasteiger partial charge in [-0.3, -0.25) is 0 Å². The molecule has 2 rings (SSSR count). The minimum absolute atomic E-state index is 0.463. The van der Waals surface area contributed by atoms with Crippen LogP contribution in [0.4, 0.5) is 0 Å². The molecule has 108 valence electrons. The summed E-state index contributed by atoms with van der Waals surface area (Å²) in [6, 6.07) is 0.463. The maximum atomic E-state index is 4.34. The fourth-order valence-electron chi connectivity index (χ4n) is 3.13. The van der Waals surface area contributed by atoms with Crippen LogP contribution in [0.25, 0.3) is 0 Å². The average molecular weight is 281 g/mol. The van der Waals surface area contributed by atoms with E-state index in [-0.39, 0.29) is 0 Å². The van der Waals surface area contributed by atoms with Gasteiger partial charge in [-0.1, -0.05) is 57.4 Å². The van der Waals surface area contributed by atoms with Gasteiger partial charge in [-0.15, -0.1) is 5.10 Å². The van der Waals surface area contributed by atoms with Crippen molar-refractivity contribution in [3.05, 3.63) is 10.6 Å². The number of hydrogen-bond donors (Lipinski definition) is 1. The molecule has 1 aromatic rings. The van der Waals surface area contributed by atoms with Crippen molar-refractivity contribution in [2.75, 3.05) is 6.54 Å². The highest BCUT2D eigenvalue weighted by molar-refractivity contribution is 7.05. The normalized spacial score (nSPS) is 18.9. The van der Waals surface area contributed by atoms with E-state index in [2.05, 4.69) is 35.7 Å². The highest BCUT2D eigenvalue weighted by Gasteiger charge is 2.24. The SMILES string of the molecule is CCNC(CC1CCCCC1)c1snnc1C(C)C. The van der Waals surface area contributed by atoms with Crippen molar-refractivity contribution < 1.29 is 0 Å². The summed E-state index contributed by atoms with van der Waals surface area (Å²) in [7, 11) is 0. The summed E-state index contributed by atoms with van der Waals surface area (Å²) in [5.41, 5.74) is 1.20. The largest absolute Gasteiger partial charge is 0.309 e. The summed E-state index contributed by atoms with van der Waals surface area (Å²) in [4.78, 5) is 1.38. The Morgan fingerprint density at radius 2 is 2.00 bits per heavy atom. The molecule has 0 saturated heterocycles. The van der Waals surface area contributed by atoms with Gasteiger partial charge in [0.25, 0.3) is 0 Å². The van der Waals surface area contributed by atoms with Crippen molar-refractivity contribution in [1.29, 1.82) is 0 Å². The fraction of sp³-hybridized carbons (Fsp3) is 0.867. The molecule has 1 aromatic heterocycles. The topological polar surface area (TPSA) is 37.8 Å². The van der Waals surface area contributed by atoms with Crippen molar-refractivity contribution in [2.24, 2.45) is 5.92 Å². The Kier molecular flexibility index (Phi) is 5.76. The first-order valence-corrected chi connectivity index (χ1v) is 8.55. The molecule has 1 heterocycles. The van der Waals surface area contributed by atoms with Gasteiger partial charge in [-0.05, 0) is 36.3 Å². The van der Waals surface area contributed by atoms with Crippen LogP contribution in [0.15, 0.2) is 0 Å². The molecule has 0 amide bonds. The van der Waals surface area contributed by atoms with E-state index in [4.69, 9.17) is 0 Å². The van der Waals surface area contributed by atoms with Crippen LogP contribution in [0.1, 0.15) is 81.8 Å². The third-order valence-electron chi connectivity index (χ3n) is 4.15. The highest BCUT2D eigenvalue weighted by Crippen LogP contribution is 2.35. The number of rotatable bonds is 6. The Labute approximate surface area is 121 Å². The van der Waals surface area contributed by atoms with Gasteiger partial charge < -0.3 is 5.32 Å². The molecule has 0 bridgehead atoms. The van der Waals surface area contributed by atoms with Crippen LogP contribution < -0.4 is 5.32 Å². The predicted octanol–water partition coefficient (Wildman–Crippen LogP) is 4.28. The Hall–Kier alpha value is -0.480. The average Bonchev–Trinajstić information content (AvgIpc) is 2.89. The van der Waals surface area contributed by atoms with E-state index >= 15 is 0 Å². The molecule has 1 fully saturated rings. The van der Waals surface area contributed by atoms with E-state index in [1.54, 1.807) is 11.5 Å². The van der Waals surface area contributed by atoms with Gasteiger partial charge in [0.15, 0.2) is 0 Å². The third kappa shape index (κ3) is 3.99. The zero-order valence-electron chi connectivity index (χ0n) is 12.5. The standard InChI is InChI=1S/C15H27N3S/c1-4-16-13(10-12-8-6-5-7-9-12)15-14(11(2)3)17-18-19-15/h11-13,16H,4-10H2,1-3H3. The number of hydrogen-bond acceptors (Lipinski definition) is 4. The summed E-state index contributed by atoms with van der Waals surface area (Å²) in [6.07, 6.45) is 8.35. The molecule has 1 saturated carbocycles. The van der Waals surface area contributed by atoms with E-state index in [1.165, 1.54) is 49.1 Å². The Bertz CT molecular complexity index is 369. The lowest BCUT2D eigenvalue weighted by Crippen LogP contribution is -2.24. The predicted molar refractivity (Wildman–Crippen MR) is 81.6 cm³/mol. The first-order valence-electron chi connectivity index (χ1n) is 7.77. The highest BCUT2D eigenvalue weighted by atomic mass is 32.1. The summed E-state index contributed by atoms with van der Waals surface area (Å²) in [5, 5.41) is 8.00. The molecule has 1 N–H and O–H groups in total. The molecule has 0 radical (unpaired) electrons. The minimum atomic E-state index is 0.463. The van der Waals surface area contributed by atoms with Gasteiger partial charge in [-0.25, -0.2) is 0 Å². The van der Waals surface area contributed by atoms with Gasteiger partial charge in [0.05, 0.1) is 10.6 Å². The van der Waals surface area contributed by atoms with Crippen LogP contribution in [-0.4, -0.2) is 16.1 Å². The van der Waals surface area contributed by atoms with Crippen molar-refractivity contribution in [1.82, 2.24) is 14.9 Å². The fourth-order valence-corrected chi connectivity index (χ4v) is 4.03. The molecule has 4 heteroatoms. The molecule has 0 aliphatic heterocycles. The van der Waals surface area contributed by atoms with Gasteiger partial charge in [-0.2, -0.15) is 0 Å². The Morgan fingerprint density at radius 1 is 1.26 bits per heavy atom. The molecule has 1 atom stereocenters. The van der Waals surface area contributed by atoms with Gasteiger partial charge in [0.2, 0.25) is 0 Å². The zero-order valence-corrected chi connectivity index (χ0v) is 13.3. The van der Waals surface area contributed by atoms with Crippen LogP contribution in [0.5, 0.6) is 0 Å². The van der Waals surface area contributed by atoms with Crippen molar-refractivity contribution in [2.45, 2.75) is 71.3 Å². The van der Waals surface area contributed by atoms with Crippen LogP contribution in [-0.2, 0) is 0 Å². The lowest BCUT2D eigenvalue weighted by Gasteiger charge is -2.27. The number of nitrogens with zero attached hydrogens (tertiary/aromatic N) is 2. The maximum absolute atomic E-state index is 4.34. The molecule has 0 aromatic carbocycles. The number of aromatic nitrogens is 2. The second-order valence-corrected chi connectivity index (χ2v) is 6.81. The second-order valence-electron chi connectivity index (χ2n) is 6.03. The molecule has 19 heavy (non-hydrogen) atoms. The van der Waals surface area contributed by atoms with Gasteiger partial charge in [0, 0.05) is 6.04 Å². The quantitative estimate of drug-likeness (QED) is 0.845. The Balaban J connectivity index is 2.07.